The molecule has 0 aliphatic carbocycles. The normalized spacial score (nSPS) is 14.3. The molecule has 4 rings (SSSR count). The summed E-state index contributed by atoms with van der Waals surface area (Å²) in [6.07, 6.45) is 0.721. The van der Waals surface area contributed by atoms with Crippen LogP contribution in [0.15, 0.2) is 66.7 Å². The Morgan fingerprint density at radius 1 is 0.929 bits per heavy atom. The van der Waals surface area contributed by atoms with Crippen molar-refractivity contribution in [2.75, 3.05) is 19.6 Å². The number of aromatic nitrogens is 2. The van der Waals surface area contributed by atoms with E-state index in [0.29, 0.717) is 13.1 Å². The minimum Gasteiger partial charge on any atom is -0.354 e. The van der Waals surface area contributed by atoms with Gasteiger partial charge in [-0.25, -0.2) is 0 Å². The Balaban J connectivity index is 1.76. The Hall–Kier alpha value is -3.54. The molecule has 0 atom stereocenters. The van der Waals surface area contributed by atoms with Gasteiger partial charge in [-0.2, -0.15) is 0 Å². The van der Waals surface area contributed by atoms with Crippen molar-refractivity contribution in [2.24, 2.45) is 0 Å². The van der Waals surface area contributed by atoms with Crippen molar-refractivity contribution < 1.29 is 9.59 Å². The number of hydrogen-bond donors (Lipinski definition) is 1. The minimum absolute atomic E-state index is 0.0433. The molecule has 1 N–H and O–H groups in total. The Labute approximate surface area is 163 Å². The zero-order valence-corrected chi connectivity index (χ0v) is 15.3. The molecule has 2 amide bonds. The quantitative estimate of drug-likeness (QED) is 0.767. The summed E-state index contributed by atoms with van der Waals surface area (Å²) in [4.78, 5) is 26.3. The van der Waals surface area contributed by atoms with E-state index >= 15 is 0 Å². The third-order valence-corrected chi connectivity index (χ3v) is 4.69. The summed E-state index contributed by atoms with van der Waals surface area (Å²) in [7, 11) is 0. The number of benzene rings is 2. The molecule has 0 radical (unpaired) electrons. The number of carbonyl (C=O) groups excluding carboxylic acids is 2. The van der Waals surface area contributed by atoms with Crippen LogP contribution in [0.5, 0.6) is 0 Å². The Morgan fingerprint density at radius 3 is 2.32 bits per heavy atom. The topological polar surface area (TPSA) is 75.2 Å². The molecule has 2 heterocycles. The largest absolute Gasteiger partial charge is 0.354 e. The monoisotopic (exact) mass is 372 g/mol. The van der Waals surface area contributed by atoms with Crippen LogP contribution < -0.4 is 5.32 Å². The number of rotatable bonds is 3. The standard InChI is InChI=1S/C22H20N4O2/c27-20-15-26(13-7-12-23-20)22(28)19-14-18(16-8-3-1-4-9-16)21(25-24-19)17-10-5-2-6-11-17/h1-6,8-11,14H,7,12-13,15H2,(H,23,27). The summed E-state index contributed by atoms with van der Waals surface area (Å²) in [6.45, 7) is 1.14. The van der Waals surface area contributed by atoms with Gasteiger partial charge < -0.3 is 10.2 Å². The van der Waals surface area contributed by atoms with E-state index in [0.717, 1.165) is 28.8 Å². The fourth-order valence-electron chi connectivity index (χ4n) is 3.28. The van der Waals surface area contributed by atoms with E-state index in [9.17, 15) is 9.59 Å². The van der Waals surface area contributed by atoms with Gasteiger partial charge in [0.15, 0.2) is 5.69 Å². The zero-order valence-electron chi connectivity index (χ0n) is 15.3. The van der Waals surface area contributed by atoms with E-state index in [2.05, 4.69) is 15.5 Å². The lowest BCUT2D eigenvalue weighted by Gasteiger charge is -2.19. The summed E-state index contributed by atoms with van der Waals surface area (Å²) < 4.78 is 0. The van der Waals surface area contributed by atoms with Crippen molar-refractivity contribution in [3.8, 4) is 22.4 Å². The molecule has 3 aromatic rings. The van der Waals surface area contributed by atoms with Gasteiger partial charge in [-0.1, -0.05) is 60.7 Å². The third-order valence-electron chi connectivity index (χ3n) is 4.69. The highest BCUT2D eigenvalue weighted by atomic mass is 16.2. The van der Waals surface area contributed by atoms with Crippen LogP contribution in [0.25, 0.3) is 22.4 Å². The molecule has 1 fully saturated rings. The van der Waals surface area contributed by atoms with E-state index < -0.39 is 0 Å². The van der Waals surface area contributed by atoms with Crippen LogP contribution in [-0.2, 0) is 4.79 Å². The molecule has 28 heavy (non-hydrogen) atoms. The van der Waals surface area contributed by atoms with Gasteiger partial charge in [-0.05, 0) is 18.1 Å². The molecule has 1 saturated heterocycles. The fourth-order valence-corrected chi connectivity index (χ4v) is 3.28. The van der Waals surface area contributed by atoms with Crippen molar-refractivity contribution in [3.63, 3.8) is 0 Å². The van der Waals surface area contributed by atoms with Crippen LogP contribution in [0.4, 0.5) is 0 Å². The van der Waals surface area contributed by atoms with Crippen LogP contribution in [-0.4, -0.2) is 46.5 Å². The van der Waals surface area contributed by atoms with Gasteiger partial charge in [0.2, 0.25) is 5.91 Å². The SMILES string of the molecule is O=C1CN(C(=O)c2cc(-c3ccccc3)c(-c3ccccc3)nn2)CCCN1. The van der Waals surface area contributed by atoms with Gasteiger partial charge in [0.25, 0.3) is 5.91 Å². The first-order valence-corrected chi connectivity index (χ1v) is 9.27. The van der Waals surface area contributed by atoms with Gasteiger partial charge in [0.05, 0.1) is 6.54 Å². The molecular weight excluding hydrogens is 352 g/mol. The smallest absolute Gasteiger partial charge is 0.274 e. The second-order valence-corrected chi connectivity index (χ2v) is 6.65. The number of nitrogens with zero attached hydrogens (tertiary/aromatic N) is 3. The van der Waals surface area contributed by atoms with Gasteiger partial charge in [-0.3, -0.25) is 9.59 Å². The number of nitrogens with one attached hydrogen (secondary N) is 1. The minimum atomic E-state index is -0.277. The van der Waals surface area contributed by atoms with E-state index in [1.807, 2.05) is 60.7 Å². The fraction of sp³-hybridized carbons (Fsp3) is 0.182. The maximum atomic E-state index is 13.0. The van der Waals surface area contributed by atoms with Gasteiger partial charge in [0.1, 0.15) is 5.69 Å². The summed E-state index contributed by atoms with van der Waals surface area (Å²) >= 11 is 0. The molecule has 0 unspecified atom stereocenters. The summed E-state index contributed by atoms with van der Waals surface area (Å²) in [5.41, 5.74) is 3.69. The van der Waals surface area contributed by atoms with Gasteiger partial charge in [0, 0.05) is 24.2 Å². The third kappa shape index (κ3) is 3.76. The predicted molar refractivity (Wildman–Crippen MR) is 106 cm³/mol. The molecule has 140 valence electrons. The lowest BCUT2D eigenvalue weighted by atomic mass is 9.99. The lowest BCUT2D eigenvalue weighted by Crippen LogP contribution is -2.37. The van der Waals surface area contributed by atoms with Crippen molar-refractivity contribution >= 4 is 11.8 Å². The van der Waals surface area contributed by atoms with Gasteiger partial charge >= 0.3 is 0 Å². The van der Waals surface area contributed by atoms with Crippen molar-refractivity contribution in [3.05, 3.63) is 72.4 Å². The van der Waals surface area contributed by atoms with E-state index in [1.54, 1.807) is 6.07 Å². The Kier molecular flexibility index (Phi) is 5.10. The molecule has 6 nitrogen and oxygen atoms in total. The van der Waals surface area contributed by atoms with Crippen molar-refractivity contribution in [2.45, 2.75) is 6.42 Å². The van der Waals surface area contributed by atoms with E-state index in [-0.39, 0.29) is 24.1 Å². The van der Waals surface area contributed by atoms with Crippen molar-refractivity contribution in [1.82, 2.24) is 20.4 Å². The zero-order chi connectivity index (χ0) is 19.3. The maximum absolute atomic E-state index is 13.0. The number of amides is 2. The average molecular weight is 372 g/mol. The summed E-state index contributed by atoms with van der Waals surface area (Å²) in [5.74, 6) is -0.427. The molecule has 1 aromatic heterocycles. The van der Waals surface area contributed by atoms with Crippen LogP contribution in [0.2, 0.25) is 0 Å². The Bertz CT molecular complexity index is 990. The molecule has 0 saturated carbocycles. The molecule has 0 spiro atoms. The number of hydrogen-bond acceptors (Lipinski definition) is 4. The highest BCUT2D eigenvalue weighted by molar-refractivity contribution is 5.97. The van der Waals surface area contributed by atoms with Crippen LogP contribution in [0.1, 0.15) is 16.9 Å². The van der Waals surface area contributed by atoms with Gasteiger partial charge in [-0.15, -0.1) is 10.2 Å². The second-order valence-electron chi connectivity index (χ2n) is 6.65. The molecule has 1 aliphatic rings. The first kappa shape index (κ1) is 17.9. The van der Waals surface area contributed by atoms with Crippen LogP contribution in [0.3, 0.4) is 0 Å². The van der Waals surface area contributed by atoms with Crippen LogP contribution >= 0.6 is 0 Å². The maximum Gasteiger partial charge on any atom is 0.274 e. The average Bonchev–Trinajstić information content (AvgIpc) is 2.98. The molecular formula is C22H20N4O2. The summed E-state index contributed by atoms with van der Waals surface area (Å²) in [5, 5.41) is 11.4. The highest BCUT2D eigenvalue weighted by Crippen LogP contribution is 2.30. The van der Waals surface area contributed by atoms with E-state index in [4.69, 9.17) is 0 Å². The predicted octanol–water partition coefficient (Wildman–Crippen LogP) is 2.77. The second kappa shape index (κ2) is 8.00. The van der Waals surface area contributed by atoms with E-state index in [1.165, 1.54) is 4.90 Å². The molecule has 1 aliphatic heterocycles. The Morgan fingerprint density at radius 2 is 1.61 bits per heavy atom. The molecule has 6 heteroatoms. The first-order chi connectivity index (χ1) is 13.7. The first-order valence-electron chi connectivity index (χ1n) is 9.27. The molecule has 2 aromatic carbocycles. The lowest BCUT2D eigenvalue weighted by molar-refractivity contribution is -0.121. The summed E-state index contributed by atoms with van der Waals surface area (Å²) in [6, 6.07) is 21.4. The molecule has 0 bridgehead atoms. The highest BCUT2D eigenvalue weighted by Gasteiger charge is 2.23. The number of carbonyl (C=O) groups is 2. The van der Waals surface area contributed by atoms with Crippen LogP contribution in [0, 0.1) is 0 Å². The van der Waals surface area contributed by atoms with Crippen molar-refractivity contribution in [1.29, 1.82) is 0 Å².